The number of carboxylic acids is 1. The second kappa shape index (κ2) is 5.61. The summed E-state index contributed by atoms with van der Waals surface area (Å²) in [5.41, 5.74) is 0.178. The molecule has 0 saturated heterocycles. The van der Waals surface area contributed by atoms with Crippen LogP contribution in [0.25, 0.3) is 0 Å². The van der Waals surface area contributed by atoms with E-state index < -0.39 is 10.9 Å². The molecule has 0 saturated carbocycles. The highest BCUT2D eigenvalue weighted by Gasteiger charge is 2.15. The van der Waals surface area contributed by atoms with Crippen LogP contribution in [0, 0.1) is 17.0 Å². The summed E-state index contributed by atoms with van der Waals surface area (Å²) in [4.78, 5) is 24.8. The Hall–Kier alpha value is -2.56. The molecule has 0 bridgehead atoms. The van der Waals surface area contributed by atoms with E-state index in [0.29, 0.717) is 5.03 Å². The van der Waals surface area contributed by atoms with E-state index in [4.69, 9.17) is 5.11 Å². The number of pyridine rings is 1. The zero-order valence-corrected chi connectivity index (χ0v) is 10.9. The topological polar surface area (TPSA) is 137 Å². The molecule has 10 nitrogen and oxygen atoms in total. The predicted octanol–water partition coefficient (Wildman–Crippen LogP) is 0.521. The summed E-state index contributed by atoms with van der Waals surface area (Å²) in [5.74, 6) is -1.08. The molecule has 0 radical (unpaired) electrons. The fourth-order valence-corrected chi connectivity index (χ4v) is 2.16. The second-order valence-electron chi connectivity index (χ2n) is 3.63. The summed E-state index contributed by atoms with van der Waals surface area (Å²) in [6.07, 6.45) is 0. The first-order valence-corrected chi connectivity index (χ1v) is 6.07. The summed E-state index contributed by atoms with van der Waals surface area (Å²) in [6, 6.07) is 2.78. The highest BCUT2D eigenvalue weighted by atomic mass is 32.2. The molecule has 0 aliphatic heterocycles. The third-order valence-corrected chi connectivity index (χ3v) is 3.12. The minimum Gasteiger partial charge on any atom is -0.480 e. The summed E-state index contributed by atoms with van der Waals surface area (Å²) in [6.45, 7) is 1.14. The van der Waals surface area contributed by atoms with Gasteiger partial charge in [0.15, 0.2) is 0 Å². The van der Waals surface area contributed by atoms with E-state index in [9.17, 15) is 14.9 Å². The third-order valence-electron chi connectivity index (χ3n) is 2.21. The Bertz CT molecular complexity index is 672. The summed E-state index contributed by atoms with van der Waals surface area (Å²) in [7, 11) is 0. The van der Waals surface area contributed by atoms with Gasteiger partial charge < -0.3 is 5.11 Å². The molecular formula is C9H8N6O4S. The monoisotopic (exact) mass is 296 g/mol. The minimum atomic E-state index is -1.08. The van der Waals surface area contributed by atoms with Crippen LogP contribution >= 0.6 is 11.8 Å². The molecule has 2 rings (SSSR count). The first-order valence-electron chi connectivity index (χ1n) is 5.25. The zero-order valence-electron chi connectivity index (χ0n) is 10.1. The van der Waals surface area contributed by atoms with Gasteiger partial charge in [-0.05, 0) is 35.2 Å². The Morgan fingerprint density at radius 1 is 1.55 bits per heavy atom. The van der Waals surface area contributed by atoms with Crippen molar-refractivity contribution in [2.75, 3.05) is 0 Å². The Morgan fingerprint density at radius 3 is 2.90 bits per heavy atom. The van der Waals surface area contributed by atoms with E-state index in [-0.39, 0.29) is 23.1 Å². The maximum atomic E-state index is 10.7. The number of aromatic nitrogens is 5. The van der Waals surface area contributed by atoms with E-state index >= 15 is 0 Å². The molecular weight excluding hydrogens is 288 g/mol. The third kappa shape index (κ3) is 3.06. The lowest BCUT2D eigenvalue weighted by Gasteiger charge is -2.02. The largest absolute Gasteiger partial charge is 0.480 e. The molecule has 0 atom stereocenters. The molecule has 0 aliphatic rings. The van der Waals surface area contributed by atoms with Gasteiger partial charge in [-0.2, -0.15) is 0 Å². The number of tetrazole rings is 1. The highest BCUT2D eigenvalue weighted by molar-refractivity contribution is 7.99. The molecule has 0 unspecified atom stereocenters. The Balaban J connectivity index is 2.22. The van der Waals surface area contributed by atoms with Gasteiger partial charge in [-0.15, -0.1) is 5.10 Å². The van der Waals surface area contributed by atoms with Crippen LogP contribution in [-0.2, 0) is 11.3 Å². The molecule has 0 amide bonds. The van der Waals surface area contributed by atoms with E-state index in [2.05, 4.69) is 20.5 Å². The fraction of sp³-hybridized carbons (Fsp3) is 0.222. The van der Waals surface area contributed by atoms with Crippen molar-refractivity contribution in [1.29, 1.82) is 0 Å². The van der Waals surface area contributed by atoms with Crippen molar-refractivity contribution < 1.29 is 14.8 Å². The minimum absolute atomic E-state index is 0.0838. The van der Waals surface area contributed by atoms with E-state index in [1.54, 1.807) is 0 Å². The predicted molar refractivity (Wildman–Crippen MR) is 65.2 cm³/mol. The van der Waals surface area contributed by atoms with Gasteiger partial charge in [0.25, 0.3) is 5.69 Å². The Kier molecular flexibility index (Phi) is 3.89. The lowest BCUT2D eigenvalue weighted by atomic mass is 10.3. The molecule has 0 fully saturated rings. The summed E-state index contributed by atoms with van der Waals surface area (Å²) < 4.78 is 1.10. The number of carbonyl (C=O) groups is 1. The van der Waals surface area contributed by atoms with Crippen LogP contribution in [0.3, 0.4) is 0 Å². The molecule has 20 heavy (non-hydrogen) atoms. The number of rotatable bonds is 5. The SMILES string of the molecule is Cc1nc(Sc2nnnn2CC(=O)O)ccc1[N+](=O)[O-]. The van der Waals surface area contributed by atoms with Crippen molar-refractivity contribution in [3.63, 3.8) is 0 Å². The van der Waals surface area contributed by atoms with Crippen LogP contribution in [0.15, 0.2) is 22.3 Å². The smallest absolute Gasteiger partial charge is 0.325 e. The number of nitrogens with zero attached hydrogens (tertiary/aromatic N) is 6. The van der Waals surface area contributed by atoms with Crippen molar-refractivity contribution in [3.8, 4) is 0 Å². The maximum absolute atomic E-state index is 10.7. The van der Waals surface area contributed by atoms with Gasteiger partial charge in [0.05, 0.1) is 4.92 Å². The Morgan fingerprint density at radius 2 is 2.30 bits per heavy atom. The fourth-order valence-electron chi connectivity index (χ4n) is 1.37. The number of carboxylic acid groups (broad SMARTS) is 1. The number of aliphatic carboxylic acids is 1. The molecule has 104 valence electrons. The van der Waals surface area contributed by atoms with Crippen LogP contribution in [0.1, 0.15) is 5.69 Å². The van der Waals surface area contributed by atoms with Crippen molar-refractivity contribution in [2.24, 2.45) is 0 Å². The molecule has 11 heteroatoms. The van der Waals surface area contributed by atoms with Crippen LogP contribution in [0.5, 0.6) is 0 Å². The van der Waals surface area contributed by atoms with E-state index in [1.165, 1.54) is 19.1 Å². The number of aryl methyl sites for hydroxylation is 1. The quantitative estimate of drug-likeness (QED) is 0.618. The first kappa shape index (κ1) is 13.9. The number of hydrogen-bond donors (Lipinski definition) is 1. The van der Waals surface area contributed by atoms with Crippen LogP contribution in [0.4, 0.5) is 5.69 Å². The average Bonchev–Trinajstić information content (AvgIpc) is 2.75. The maximum Gasteiger partial charge on any atom is 0.325 e. The molecule has 2 heterocycles. The van der Waals surface area contributed by atoms with Crippen LogP contribution in [-0.4, -0.2) is 41.2 Å². The normalized spacial score (nSPS) is 10.4. The van der Waals surface area contributed by atoms with Gasteiger partial charge in [0.1, 0.15) is 17.3 Å². The Labute approximate surface area is 116 Å². The molecule has 0 aromatic carbocycles. The van der Waals surface area contributed by atoms with Gasteiger partial charge in [-0.3, -0.25) is 14.9 Å². The van der Waals surface area contributed by atoms with Crippen LogP contribution < -0.4 is 0 Å². The highest BCUT2D eigenvalue weighted by Crippen LogP contribution is 2.26. The van der Waals surface area contributed by atoms with Gasteiger partial charge in [-0.1, -0.05) is 0 Å². The van der Waals surface area contributed by atoms with Crippen LogP contribution in [0.2, 0.25) is 0 Å². The summed E-state index contributed by atoms with van der Waals surface area (Å²) in [5, 5.41) is 30.7. The number of hydrogen-bond acceptors (Lipinski definition) is 8. The van der Waals surface area contributed by atoms with Crippen molar-refractivity contribution in [3.05, 3.63) is 27.9 Å². The van der Waals surface area contributed by atoms with Crippen molar-refractivity contribution >= 4 is 23.4 Å². The van der Waals surface area contributed by atoms with Gasteiger partial charge in [-0.25, -0.2) is 9.67 Å². The van der Waals surface area contributed by atoms with Gasteiger partial charge in [0, 0.05) is 6.07 Å². The second-order valence-corrected chi connectivity index (χ2v) is 4.61. The van der Waals surface area contributed by atoms with Gasteiger partial charge in [0.2, 0.25) is 5.16 Å². The lowest BCUT2D eigenvalue weighted by Crippen LogP contribution is -2.11. The molecule has 0 aliphatic carbocycles. The molecule has 0 spiro atoms. The van der Waals surface area contributed by atoms with Crippen molar-refractivity contribution in [1.82, 2.24) is 25.2 Å². The zero-order chi connectivity index (χ0) is 14.7. The summed E-state index contributed by atoms with van der Waals surface area (Å²) >= 11 is 1.03. The van der Waals surface area contributed by atoms with E-state index in [0.717, 1.165) is 16.4 Å². The lowest BCUT2D eigenvalue weighted by molar-refractivity contribution is -0.385. The average molecular weight is 296 g/mol. The first-order chi connectivity index (χ1) is 9.47. The van der Waals surface area contributed by atoms with E-state index in [1.807, 2.05) is 0 Å². The standard InChI is InChI=1S/C9H8N6O4S/c1-5-6(15(18)19)2-3-7(10-5)20-9-11-12-13-14(9)4-8(16)17/h2-3H,4H2,1H3,(H,16,17). The molecule has 2 aromatic heterocycles. The van der Waals surface area contributed by atoms with Gasteiger partial charge >= 0.3 is 5.97 Å². The number of nitro groups is 1. The van der Waals surface area contributed by atoms with Crippen molar-refractivity contribution in [2.45, 2.75) is 23.7 Å². The molecule has 2 aromatic rings. The molecule has 1 N–H and O–H groups in total.